The fourth-order valence-corrected chi connectivity index (χ4v) is 3.14. The maximum Gasteiger partial charge on any atom is 0.0342 e. The summed E-state index contributed by atoms with van der Waals surface area (Å²) in [5.74, 6) is 1.02. The van der Waals surface area contributed by atoms with Gasteiger partial charge in [-0.2, -0.15) is 0 Å². The van der Waals surface area contributed by atoms with Crippen molar-refractivity contribution in [1.29, 1.82) is 0 Å². The number of likely N-dealkylation sites (N-methyl/N-ethyl adjacent to an activating group) is 1. The predicted octanol–water partition coefficient (Wildman–Crippen LogP) is 3.83. The average Bonchev–Trinajstić information content (AvgIpc) is 2.77. The molecule has 0 bridgehead atoms. The van der Waals surface area contributed by atoms with Crippen LogP contribution in [0.15, 0.2) is 29.6 Å². The second kappa shape index (κ2) is 5.17. The molecule has 2 aromatic rings. The molecule has 1 aromatic heterocycles. The minimum absolute atomic E-state index is 0.371. The van der Waals surface area contributed by atoms with Gasteiger partial charge in [0.1, 0.15) is 0 Å². The van der Waals surface area contributed by atoms with Gasteiger partial charge >= 0.3 is 0 Å². The number of fused-ring (bicyclic) bond motifs is 1. The molecule has 0 aliphatic heterocycles. The molecule has 1 aromatic carbocycles. The smallest absolute Gasteiger partial charge is 0.0342 e. The van der Waals surface area contributed by atoms with Crippen molar-refractivity contribution in [3.05, 3.63) is 35.2 Å². The molecular weight excluding hydrogens is 238 g/mol. The summed E-state index contributed by atoms with van der Waals surface area (Å²) < 4.78 is 1.34. The highest BCUT2D eigenvalue weighted by Gasteiger charge is 2.17. The molecule has 16 heavy (non-hydrogen) atoms. The summed E-state index contributed by atoms with van der Waals surface area (Å²) in [6.45, 7) is 2.17. The first kappa shape index (κ1) is 11.9. The Labute approximate surface area is 105 Å². The number of hydrogen-bond acceptors (Lipinski definition) is 2. The van der Waals surface area contributed by atoms with Crippen molar-refractivity contribution in [1.82, 2.24) is 5.32 Å². The van der Waals surface area contributed by atoms with Gasteiger partial charge in [-0.1, -0.05) is 6.07 Å². The van der Waals surface area contributed by atoms with E-state index in [9.17, 15) is 0 Å². The van der Waals surface area contributed by atoms with Gasteiger partial charge in [0.2, 0.25) is 0 Å². The Balaban J connectivity index is 2.36. The van der Waals surface area contributed by atoms with E-state index in [1.165, 1.54) is 15.6 Å². The predicted molar refractivity (Wildman–Crippen MR) is 73.8 cm³/mol. The number of benzene rings is 1. The van der Waals surface area contributed by atoms with E-state index < -0.39 is 0 Å². The van der Waals surface area contributed by atoms with Crippen LogP contribution in [0.5, 0.6) is 0 Å². The topological polar surface area (TPSA) is 12.0 Å². The number of halogens is 1. The van der Waals surface area contributed by atoms with Crippen LogP contribution in [0, 0.1) is 0 Å². The lowest BCUT2D eigenvalue weighted by atomic mass is 9.93. The van der Waals surface area contributed by atoms with Crippen LogP contribution in [0.2, 0.25) is 0 Å². The highest BCUT2D eigenvalue weighted by atomic mass is 35.5. The molecule has 0 amide bonds. The second-order valence-electron chi connectivity index (χ2n) is 4.06. The molecule has 2 rings (SSSR count). The first-order valence-electron chi connectivity index (χ1n) is 5.46. The normalized spacial score (nSPS) is 15.2. The van der Waals surface area contributed by atoms with E-state index in [-0.39, 0.29) is 0 Å². The second-order valence-corrected chi connectivity index (χ2v) is 5.31. The molecule has 0 saturated heterocycles. The lowest BCUT2D eigenvalue weighted by Crippen LogP contribution is -2.29. The Hall–Kier alpha value is -0.570. The van der Waals surface area contributed by atoms with Crippen LogP contribution >= 0.6 is 22.9 Å². The van der Waals surface area contributed by atoms with Crippen LogP contribution in [0.1, 0.15) is 18.4 Å². The van der Waals surface area contributed by atoms with Gasteiger partial charge in [0.25, 0.3) is 0 Å². The zero-order valence-corrected chi connectivity index (χ0v) is 11.1. The molecule has 1 nitrogen and oxygen atoms in total. The molecule has 1 heterocycles. The highest BCUT2D eigenvalue weighted by Crippen LogP contribution is 2.27. The molecule has 86 valence electrons. The number of alkyl halides is 1. The Kier molecular flexibility index (Phi) is 3.85. The third kappa shape index (κ3) is 2.24. The molecule has 0 aliphatic carbocycles. The zero-order chi connectivity index (χ0) is 11.5. The Morgan fingerprint density at radius 2 is 2.19 bits per heavy atom. The summed E-state index contributed by atoms with van der Waals surface area (Å²) in [5, 5.41) is 6.73. The SMILES string of the molecule is CNC(C)C(CCl)c1ccc2sccc2c1. The van der Waals surface area contributed by atoms with E-state index in [1.807, 2.05) is 7.05 Å². The molecule has 2 unspecified atom stereocenters. The number of rotatable bonds is 4. The van der Waals surface area contributed by atoms with E-state index >= 15 is 0 Å². The third-order valence-corrected chi connectivity index (χ3v) is 4.36. The van der Waals surface area contributed by atoms with Crippen molar-refractivity contribution in [3.63, 3.8) is 0 Å². The van der Waals surface area contributed by atoms with Crippen LogP contribution in [-0.2, 0) is 0 Å². The molecule has 1 N–H and O–H groups in total. The van der Waals surface area contributed by atoms with Gasteiger partial charge in [-0.25, -0.2) is 0 Å². The van der Waals surface area contributed by atoms with Crippen LogP contribution in [0.4, 0.5) is 0 Å². The van der Waals surface area contributed by atoms with Gasteiger partial charge in [0.15, 0.2) is 0 Å². The maximum atomic E-state index is 6.06. The van der Waals surface area contributed by atoms with E-state index in [1.54, 1.807) is 11.3 Å². The summed E-state index contributed by atoms with van der Waals surface area (Å²) in [5.41, 5.74) is 1.32. The third-order valence-electron chi connectivity index (χ3n) is 3.13. The monoisotopic (exact) mass is 253 g/mol. The van der Waals surface area contributed by atoms with Crippen molar-refractivity contribution < 1.29 is 0 Å². The first-order valence-corrected chi connectivity index (χ1v) is 6.88. The average molecular weight is 254 g/mol. The van der Waals surface area contributed by atoms with Gasteiger partial charge in [-0.15, -0.1) is 22.9 Å². The van der Waals surface area contributed by atoms with Crippen LogP contribution in [0.25, 0.3) is 10.1 Å². The Morgan fingerprint density at radius 1 is 1.38 bits per heavy atom. The summed E-state index contributed by atoms with van der Waals surface area (Å²) in [4.78, 5) is 0. The van der Waals surface area contributed by atoms with Crippen molar-refractivity contribution >= 4 is 33.0 Å². The molecule has 2 atom stereocenters. The fraction of sp³-hybridized carbons (Fsp3) is 0.385. The van der Waals surface area contributed by atoms with Crippen LogP contribution < -0.4 is 5.32 Å². The maximum absolute atomic E-state index is 6.06. The van der Waals surface area contributed by atoms with Gasteiger partial charge in [0.05, 0.1) is 0 Å². The summed E-state index contributed by atoms with van der Waals surface area (Å²) in [7, 11) is 1.98. The highest BCUT2D eigenvalue weighted by molar-refractivity contribution is 7.17. The molecular formula is C13H16ClNS. The van der Waals surface area contributed by atoms with Gasteiger partial charge < -0.3 is 5.32 Å². The van der Waals surface area contributed by atoms with Gasteiger partial charge in [-0.3, -0.25) is 0 Å². The summed E-state index contributed by atoms with van der Waals surface area (Å²) >= 11 is 7.84. The lowest BCUT2D eigenvalue weighted by molar-refractivity contribution is 0.528. The van der Waals surface area contributed by atoms with Crippen molar-refractivity contribution in [2.24, 2.45) is 0 Å². The molecule has 0 radical (unpaired) electrons. The molecule has 0 fully saturated rings. The molecule has 0 aliphatic rings. The number of hydrogen-bond donors (Lipinski definition) is 1. The summed E-state index contributed by atoms with van der Waals surface area (Å²) in [6, 6.07) is 9.20. The Morgan fingerprint density at radius 3 is 2.88 bits per heavy atom. The minimum Gasteiger partial charge on any atom is -0.317 e. The van der Waals surface area contributed by atoms with Gasteiger partial charge in [-0.05, 0) is 48.5 Å². The van der Waals surface area contributed by atoms with E-state index in [0.717, 1.165) is 0 Å². The van der Waals surface area contributed by atoms with E-state index in [4.69, 9.17) is 11.6 Å². The van der Waals surface area contributed by atoms with E-state index in [0.29, 0.717) is 17.8 Å². The lowest BCUT2D eigenvalue weighted by Gasteiger charge is -2.21. The van der Waals surface area contributed by atoms with Gasteiger partial charge in [0, 0.05) is 22.5 Å². The van der Waals surface area contributed by atoms with Crippen molar-refractivity contribution in [2.75, 3.05) is 12.9 Å². The zero-order valence-electron chi connectivity index (χ0n) is 9.53. The van der Waals surface area contributed by atoms with Crippen LogP contribution in [-0.4, -0.2) is 19.0 Å². The molecule has 0 spiro atoms. The quantitative estimate of drug-likeness (QED) is 0.817. The molecule has 3 heteroatoms. The molecule has 0 saturated carbocycles. The standard InChI is InChI=1S/C13H16ClNS/c1-9(15-2)12(8-14)10-3-4-13-11(7-10)5-6-16-13/h3-7,9,12,15H,8H2,1-2H3. The van der Waals surface area contributed by atoms with Crippen molar-refractivity contribution in [2.45, 2.75) is 18.9 Å². The Bertz CT molecular complexity index is 466. The fourth-order valence-electron chi connectivity index (χ4n) is 1.93. The largest absolute Gasteiger partial charge is 0.317 e. The minimum atomic E-state index is 0.371. The van der Waals surface area contributed by atoms with Crippen molar-refractivity contribution in [3.8, 4) is 0 Å². The number of nitrogens with one attached hydrogen (secondary N) is 1. The summed E-state index contributed by atoms with van der Waals surface area (Å²) in [6.07, 6.45) is 0. The number of thiophene rings is 1. The van der Waals surface area contributed by atoms with Crippen LogP contribution in [0.3, 0.4) is 0 Å². The first-order chi connectivity index (χ1) is 7.76. The van der Waals surface area contributed by atoms with E-state index in [2.05, 4.69) is 41.9 Å².